The van der Waals surface area contributed by atoms with Crippen LogP contribution in [0.3, 0.4) is 0 Å². The van der Waals surface area contributed by atoms with Crippen molar-refractivity contribution in [2.45, 2.75) is 59.0 Å². The minimum Gasteiger partial charge on any atom is -0.392 e. The number of hydrogen-bond donors (Lipinski definition) is 1. The highest BCUT2D eigenvalue weighted by molar-refractivity contribution is 4.62. The fourth-order valence-corrected chi connectivity index (χ4v) is 1.57. The van der Waals surface area contributed by atoms with Gasteiger partial charge in [-0.3, -0.25) is 0 Å². The van der Waals surface area contributed by atoms with E-state index in [1.807, 2.05) is 6.92 Å². The van der Waals surface area contributed by atoms with Crippen molar-refractivity contribution in [1.29, 1.82) is 0 Å². The Kier molecular flexibility index (Phi) is 9.42. The van der Waals surface area contributed by atoms with E-state index in [1.54, 1.807) is 0 Å². The van der Waals surface area contributed by atoms with Crippen molar-refractivity contribution in [3.8, 4) is 0 Å². The van der Waals surface area contributed by atoms with Crippen LogP contribution in [0.2, 0.25) is 0 Å². The lowest BCUT2D eigenvalue weighted by atomic mass is 10.2. The molecule has 0 spiro atoms. The summed E-state index contributed by atoms with van der Waals surface area (Å²) in [5.74, 6) is 0. The van der Waals surface area contributed by atoms with Gasteiger partial charge in [-0.2, -0.15) is 0 Å². The molecule has 0 aliphatic rings. The molecule has 0 bridgehead atoms. The fourth-order valence-electron chi connectivity index (χ4n) is 1.57. The summed E-state index contributed by atoms with van der Waals surface area (Å²) in [6.07, 6.45) is 5.97. The Morgan fingerprint density at radius 3 is 2.29 bits per heavy atom. The Hall–Kier alpha value is -0.0800. The maximum Gasteiger partial charge on any atom is 0.0664 e. The Morgan fingerprint density at radius 1 is 1.07 bits per heavy atom. The quantitative estimate of drug-likeness (QED) is 0.580. The molecule has 14 heavy (non-hydrogen) atoms. The van der Waals surface area contributed by atoms with Gasteiger partial charge in [0, 0.05) is 6.54 Å². The second-order valence-electron chi connectivity index (χ2n) is 4.02. The van der Waals surface area contributed by atoms with E-state index >= 15 is 0 Å². The number of likely N-dealkylation sites (N-methyl/N-ethyl adjacent to an activating group) is 1. The zero-order valence-electron chi connectivity index (χ0n) is 10.1. The summed E-state index contributed by atoms with van der Waals surface area (Å²) in [6, 6.07) is 0. The van der Waals surface area contributed by atoms with Crippen molar-refractivity contribution in [3.63, 3.8) is 0 Å². The smallest absolute Gasteiger partial charge is 0.0664 e. The molecular weight excluding hydrogens is 174 g/mol. The number of aliphatic hydroxyl groups is 1. The minimum atomic E-state index is -0.138. The van der Waals surface area contributed by atoms with E-state index in [0.717, 1.165) is 26.1 Å². The maximum atomic E-state index is 9.52. The van der Waals surface area contributed by atoms with Crippen LogP contribution in [0, 0.1) is 0 Å². The molecule has 0 aliphatic heterocycles. The normalized spacial score (nSPS) is 13.5. The van der Waals surface area contributed by atoms with Gasteiger partial charge in [-0.1, -0.05) is 40.0 Å². The summed E-state index contributed by atoms with van der Waals surface area (Å²) >= 11 is 0. The molecule has 0 saturated heterocycles. The molecule has 0 radical (unpaired) electrons. The summed E-state index contributed by atoms with van der Waals surface area (Å²) in [4.78, 5) is 2.35. The predicted octanol–water partition coefficient (Wildman–Crippen LogP) is 2.66. The molecule has 2 nitrogen and oxygen atoms in total. The van der Waals surface area contributed by atoms with E-state index in [2.05, 4.69) is 18.7 Å². The van der Waals surface area contributed by atoms with Crippen LogP contribution in [-0.4, -0.2) is 35.7 Å². The van der Waals surface area contributed by atoms with Gasteiger partial charge in [-0.05, 0) is 25.9 Å². The first-order chi connectivity index (χ1) is 6.74. The zero-order chi connectivity index (χ0) is 10.8. The number of aliphatic hydroxyl groups excluding tert-OH is 1. The SMILES string of the molecule is CCCCCCN(CC)CC(O)CC. The predicted molar refractivity (Wildman–Crippen MR) is 62.6 cm³/mol. The van der Waals surface area contributed by atoms with Gasteiger partial charge in [0.2, 0.25) is 0 Å². The van der Waals surface area contributed by atoms with E-state index < -0.39 is 0 Å². The highest BCUT2D eigenvalue weighted by Gasteiger charge is 2.07. The molecule has 0 amide bonds. The highest BCUT2D eigenvalue weighted by Crippen LogP contribution is 2.03. The van der Waals surface area contributed by atoms with Gasteiger partial charge in [0.05, 0.1) is 6.10 Å². The Bertz CT molecular complexity index is 117. The topological polar surface area (TPSA) is 23.5 Å². The average Bonchev–Trinajstić information content (AvgIpc) is 2.22. The van der Waals surface area contributed by atoms with Crippen LogP contribution in [0.1, 0.15) is 52.9 Å². The molecule has 1 N–H and O–H groups in total. The molecule has 0 rings (SSSR count). The van der Waals surface area contributed by atoms with Crippen LogP contribution in [0.5, 0.6) is 0 Å². The summed E-state index contributed by atoms with van der Waals surface area (Å²) in [5, 5.41) is 9.52. The van der Waals surface area contributed by atoms with Crippen molar-refractivity contribution >= 4 is 0 Å². The van der Waals surface area contributed by atoms with Gasteiger partial charge < -0.3 is 10.0 Å². The molecule has 0 saturated carbocycles. The Morgan fingerprint density at radius 2 is 1.79 bits per heavy atom. The van der Waals surface area contributed by atoms with Gasteiger partial charge in [-0.25, -0.2) is 0 Å². The number of nitrogens with zero attached hydrogens (tertiary/aromatic N) is 1. The monoisotopic (exact) mass is 201 g/mol. The van der Waals surface area contributed by atoms with E-state index in [-0.39, 0.29) is 6.10 Å². The van der Waals surface area contributed by atoms with Crippen LogP contribution < -0.4 is 0 Å². The minimum absolute atomic E-state index is 0.138. The van der Waals surface area contributed by atoms with Gasteiger partial charge in [-0.15, -0.1) is 0 Å². The molecule has 0 aromatic carbocycles. The van der Waals surface area contributed by atoms with Crippen molar-refractivity contribution in [2.75, 3.05) is 19.6 Å². The standard InChI is InChI=1S/C12H27NO/c1-4-7-8-9-10-13(6-3)11-12(14)5-2/h12,14H,4-11H2,1-3H3. The third-order valence-electron chi connectivity index (χ3n) is 2.72. The van der Waals surface area contributed by atoms with Crippen LogP contribution in [0.15, 0.2) is 0 Å². The number of rotatable bonds is 9. The molecule has 1 atom stereocenters. The molecule has 2 heteroatoms. The molecule has 0 aromatic heterocycles. The van der Waals surface area contributed by atoms with E-state index in [9.17, 15) is 5.11 Å². The lowest BCUT2D eigenvalue weighted by Crippen LogP contribution is -2.32. The van der Waals surface area contributed by atoms with Crippen molar-refractivity contribution in [2.24, 2.45) is 0 Å². The van der Waals surface area contributed by atoms with Crippen LogP contribution in [0.4, 0.5) is 0 Å². The third-order valence-corrected chi connectivity index (χ3v) is 2.72. The fraction of sp³-hybridized carbons (Fsp3) is 1.00. The third kappa shape index (κ3) is 7.34. The first-order valence-corrected chi connectivity index (χ1v) is 6.14. The van der Waals surface area contributed by atoms with E-state index in [1.165, 1.54) is 25.7 Å². The number of unbranched alkanes of at least 4 members (excludes halogenated alkanes) is 3. The Balaban J connectivity index is 3.47. The van der Waals surface area contributed by atoms with Gasteiger partial charge in [0.25, 0.3) is 0 Å². The molecule has 0 heterocycles. The van der Waals surface area contributed by atoms with Gasteiger partial charge in [0.1, 0.15) is 0 Å². The molecule has 1 unspecified atom stereocenters. The summed E-state index contributed by atoms with van der Waals surface area (Å²) in [7, 11) is 0. The van der Waals surface area contributed by atoms with E-state index in [4.69, 9.17) is 0 Å². The molecule has 0 fully saturated rings. The largest absolute Gasteiger partial charge is 0.392 e. The second-order valence-corrected chi connectivity index (χ2v) is 4.02. The summed E-state index contributed by atoms with van der Waals surface area (Å²) in [6.45, 7) is 9.49. The molecular formula is C12H27NO. The van der Waals surface area contributed by atoms with E-state index in [0.29, 0.717) is 0 Å². The second kappa shape index (κ2) is 9.47. The molecule has 0 aromatic rings. The Labute approximate surface area is 89.3 Å². The van der Waals surface area contributed by atoms with Gasteiger partial charge >= 0.3 is 0 Å². The maximum absolute atomic E-state index is 9.52. The first kappa shape index (κ1) is 13.9. The number of hydrogen-bond acceptors (Lipinski definition) is 2. The van der Waals surface area contributed by atoms with Gasteiger partial charge in [0.15, 0.2) is 0 Å². The molecule has 0 aliphatic carbocycles. The van der Waals surface area contributed by atoms with Crippen molar-refractivity contribution in [1.82, 2.24) is 4.90 Å². The average molecular weight is 201 g/mol. The van der Waals surface area contributed by atoms with Crippen LogP contribution in [-0.2, 0) is 0 Å². The van der Waals surface area contributed by atoms with Crippen molar-refractivity contribution in [3.05, 3.63) is 0 Å². The van der Waals surface area contributed by atoms with Crippen molar-refractivity contribution < 1.29 is 5.11 Å². The first-order valence-electron chi connectivity index (χ1n) is 6.14. The molecule has 86 valence electrons. The zero-order valence-corrected chi connectivity index (χ0v) is 10.1. The highest BCUT2D eigenvalue weighted by atomic mass is 16.3. The lowest BCUT2D eigenvalue weighted by molar-refractivity contribution is 0.111. The van der Waals surface area contributed by atoms with Crippen LogP contribution in [0.25, 0.3) is 0 Å². The summed E-state index contributed by atoms with van der Waals surface area (Å²) < 4.78 is 0. The summed E-state index contributed by atoms with van der Waals surface area (Å²) in [5.41, 5.74) is 0. The van der Waals surface area contributed by atoms with Crippen LogP contribution >= 0.6 is 0 Å². The lowest BCUT2D eigenvalue weighted by Gasteiger charge is -2.22.